The highest BCUT2D eigenvalue weighted by atomic mass is 32.2. The van der Waals surface area contributed by atoms with Gasteiger partial charge in [0.15, 0.2) is 0 Å². The molecule has 1 aliphatic rings. The highest BCUT2D eigenvalue weighted by Gasteiger charge is 2.27. The molecule has 0 atom stereocenters. The van der Waals surface area contributed by atoms with Gasteiger partial charge in [0.2, 0.25) is 10.0 Å². The largest absolute Gasteiger partial charge is 0.268 e. The quantitative estimate of drug-likeness (QED) is 0.825. The monoisotopic (exact) mass is 373 g/mol. The summed E-state index contributed by atoms with van der Waals surface area (Å²) in [6.07, 6.45) is 3.39. The molecular weight excluding hydrogens is 350 g/mol. The van der Waals surface area contributed by atoms with Crippen LogP contribution < -0.4 is 5.49 Å². The zero-order chi connectivity index (χ0) is 18.7. The first-order chi connectivity index (χ1) is 12.4. The number of rotatable bonds is 4. The Hall–Kier alpha value is -2.25. The molecular formula is C19H23N3O3S. The van der Waals surface area contributed by atoms with Crippen LogP contribution in [0.5, 0.6) is 0 Å². The van der Waals surface area contributed by atoms with Crippen molar-refractivity contribution in [3.8, 4) is 0 Å². The van der Waals surface area contributed by atoms with Crippen LogP contribution in [0.3, 0.4) is 0 Å². The maximum Gasteiger partial charge on any atom is 0.263 e. The van der Waals surface area contributed by atoms with Gasteiger partial charge < -0.3 is 0 Å². The van der Waals surface area contributed by atoms with E-state index in [-0.39, 0.29) is 16.8 Å². The van der Waals surface area contributed by atoms with Gasteiger partial charge in [-0.15, -0.1) is 0 Å². The topological polar surface area (TPSA) is 71.7 Å². The maximum atomic E-state index is 12.9. The Kier molecular flexibility index (Phi) is 5.38. The summed E-state index contributed by atoms with van der Waals surface area (Å²) >= 11 is 0. The molecule has 26 heavy (non-hydrogen) atoms. The minimum Gasteiger partial charge on any atom is -0.268 e. The van der Waals surface area contributed by atoms with Crippen molar-refractivity contribution in [2.45, 2.75) is 37.6 Å². The van der Waals surface area contributed by atoms with Crippen molar-refractivity contribution in [3.05, 3.63) is 59.7 Å². The summed E-state index contributed by atoms with van der Waals surface area (Å²) in [5.41, 5.74) is 0.863. The minimum atomic E-state index is -3.56. The minimum absolute atomic E-state index is 0.0401. The molecule has 2 heterocycles. The molecule has 0 aliphatic carbocycles. The Balaban J connectivity index is 2.00. The van der Waals surface area contributed by atoms with Crippen molar-refractivity contribution in [1.29, 1.82) is 0 Å². The van der Waals surface area contributed by atoms with Crippen LogP contribution in [0, 0.1) is 0 Å². The third-order valence-electron chi connectivity index (χ3n) is 4.23. The SMILES string of the molecule is CC(C)N=c1ccccn1C(=O)c1cccc(S(=O)(=O)N2CCCC2)c1. The van der Waals surface area contributed by atoms with E-state index >= 15 is 0 Å². The fourth-order valence-corrected chi connectivity index (χ4v) is 4.55. The number of carbonyl (C=O) groups is 1. The van der Waals surface area contributed by atoms with Gasteiger partial charge in [0.05, 0.1) is 4.90 Å². The van der Waals surface area contributed by atoms with E-state index in [0.717, 1.165) is 12.8 Å². The second-order valence-corrected chi connectivity index (χ2v) is 8.53. The number of nitrogens with zero attached hydrogens (tertiary/aromatic N) is 3. The van der Waals surface area contributed by atoms with E-state index in [2.05, 4.69) is 4.99 Å². The van der Waals surface area contributed by atoms with Crippen LogP contribution in [0.2, 0.25) is 0 Å². The molecule has 3 rings (SSSR count). The summed E-state index contributed by atoms with van der Waals surface area (Å²) in [7, 11) is -3.56. The van der Waals surface area contributed by atoms with E-state index in [1.165, 1.54) is 14.9 Å². The number of benzene rings is 1. The van der Waals surface area contributed by atoms with Crippen LogP contribution in [0.15, 0.2) is 58.5 Å². The van der Waals surface area contributed by atoms with Gasteiger partial charge in [-0.25, -0.2) is 8.42 Å². The second kappa shape index (κ2) is 7.55. The molecule has 0 amide bonds. The van der Waals surface area contributed by atoms with Crippen LogP contribution in [-0.2, 0) is 10.0 Å². The highest BCUT2D eigenvalue weighted by molar-refractivity contribution is 7.89. The first kappa shape index (κ1) is 18.5. The number of hydrogen-bond acceptors (Lipinski definition) is 4. The fourth-order valence-electron chi connectivity index (χ4n) is 2.98. The van der Waals surface area contributed by atoms with Crippen LogP contribution in [0.25, 0.3) is 0 Å². The Morgan fingerprint density at radius 1 is 1.08 bits per heavy atom. The molecule has 7 heteroatoms. The van der Waals surface area contributed by atoms with Crippen LogP contribution in [0.1, 0.15) is 37.0 Å². The van der Waals surface area contributed by atoms with E-state index in [9.17, 15) is 13.2 Å². The molecule has 2 aromatic rings. The summed E-state index contributed by atoms with van der Waals surface area (Å²) in [4.78, 5) is 17.6. The summed E-state index contributed by atoms with van der Waals surface area (Å²) in [5, 5.41) is 0. The van der Waals surface area contributed by atoms with Crippen LogP contribution in [-0.4, -0.2) is 42.3 Å². The van der Waals surface area contributed by atoms with Crippen molar-refractivity contribution in [1.82, 2.24) is 8.87 Å². The maximum absolute atomic E-state index is 12.9. The molecule has 138 valence electrons. The number of pyridine rings is 1. The first-order valence-corrected chi connectivity index (χ1v) is 10.2. The van der Waals surface area contributed by atoms with E-state index in [1.54, 1.807) is 36.5 Å². The van der Waals surface area contributed by atoms with Gasteiger partial charge in [0.1, 0.15) is 5.49 Å². The molecule has 1 aromatic carbocycles. The molecule has 0 saturated carbocycles. The van der Waals surface area contributed by atoms with Crippen LogP contribution in [0.4, 0.5) is 0 Å². The van der Waals surface area contributed by atoms with Crippen molar-refractivity contribution in [3.63, 3.8) is 0 Å². The third-order valence-corrected chi connectivity index (χ3v) is 6.13. The molecule has 0 N–H and O–H groups in total. The van der Waals surface area contributed by atoms with Crippen LogP contribution >= 0.6 is 0 Å². The predicted molar refractivity (Wildman–Crippen MR) is 99.3 cm³/mol. The summed E-state index contributed by atoms with van der Waals surface area (Å²) in [6.45, 7) is 4.94. The molecule has 1 fully saturated rings. The molecule has 1 aliphatic heterocycles. The van der Waals surface area contributed by atoms with Gasteiger partial charge in [0, 0.05) is 30.9 Å². The second-order valence-electron chi connectivity index (χ2n) is 6.60. The molecule has 1 aromatic heterocycles. The van der Waals surface area contributed by atoms with Gasteiger partial charge >= 0.3 is 0 Å². The molecule has 6 nitrogen and oxygen atoms in total. The van der Waals surface area contributed by atoms with Gasteiger partial charge in [-0.2, -0.15) is 4.31 Å². The molecule has 0 spiro atoms. The van der Waals surface area contributed by atoms with Gasteiger partial charge in [-0.05, 0) is 57.0 Å². The van der Waals surface area contributed by atoms with E-state index < -0.39 is 10.0 Å². The molecule has 0 bridgehead atoms. The number of carbonyl (C=O) groups excluding carboxylic acids is 1. The summed E-state index contributed by atoms with van der Waals surface area (Å²) < 4.78 is 28.4. The first-order valence-electron chi connectivity index (χ1n) is 8.76. The van der Waals surface area contributed by atoms with Gasteiger partial charge in [0.25, 0.3) is 5.91 Å². The lowest BCUT2D eigenvalue weighted by molar-refractivity contribution is 0.0954. The van der Waals surface area contributed by atoms with Crippen molar-refractivity contribution < 1.29 is 13.2 Å². The van der Waals surface area contributed by atoms with E-state index in [1.807, 2.05) is 19.9 Å². The Bertz CT molecular complexity index is 971. The van der Waals surface area contributed by atoms with Crippen molar-refractivity contribution >= 4 is 15.9 Å². The zero-order valence-electron chi connectivity index (χ0n) is 15.0. The van der Waals surface area contributed by atoms with Crippen molar-refractivity contribution in [2.24, 2.45) is 4.99 Å². The fraction of sp³-hybridized carbons (Fsp3) is 0.368. The standard InChI is InChI=1S/C19H23N3O3S/c1-15(2)20-18-10-3-4-13-22(18)19(23)16-8-7-9-17(14-16)26(24,25)21-11-5-6-12-21/h3-4,7-10,13-15H,5-6,11-12H2,1-2H3. The lowest BCUT2D eigenvalue weighted by Gasteiger charge is -2.16. The lowest BCUT2D eigenvalue weighted by Crippen LogP contribution is -2.29. The highest BCUT2D eigenvalue weighted by Crippen LogP contribution is 2.21. The number of sulfonamides is 1. The lowest BCUT2D eigenvalue weighted by atomic mass is 10.2. The molecule has 1 saturated heterocycles. The molecule has 0 radical (unpaired) electrons. The van der Waals surface area contributed by atoms with E-state index in [4.69, 9.17) is 0 Å². The zero-order valence-corrected chi connectivity index (χ0v) is 15.8. The van der Waals surface area contributed by atoms with E-state index in [0.29, 0.717) is 24.1 Å². The number of aromatic nitrogens is 1. The normalized spacial score (nSPS) is 16.3. The van der Waals surface area contributed by atoms with Crippen molar-refractivity contribution in [2.75, 3.05) is 13.1 Å². The van der Waals surface area contributed by atoms with Gasteiger partial charge in [-0.1, -0.05) is 12.1 Å². The summed E-state index contributed by atoms with van der Waals surface area (Å²) in [5.74, 6) is -0.302. The Morgan fingerprint density at radius 2 is 1.81 bits per heavy atom. The molecule has 0 unspecified atom stereocenters. The number of hydrogen-bond donors (Lipinski definition) is 0. The predicted octanol–water partition coefficient (Wildman–Crippen LogP) is 2.27. The van der Waals surface area contributed by atoms with Gasteiger partial charge in [-0.3, -0.25) is 14.4 Å². The smallest absolute Gasteiger partial charge is 0.263 e. The Morgan fingerprint density at radius 3 is 2.50 bits per heavy atom. The Labute approximate surface area is 153 Å². The average molecular weight is 373 g/mol. The third kappa shape index (κ3) is 3.78. The summed E-state index contributed by atoms with van der Waals surface area (Å²) in [6, 6.07) is 11.6. The average Bonchev–Trinajstić information content (AvgIpc) is 3.17.